The average Bonchev–Trinajstić information content (AvgIpc) is 1.98. The monoisotopic (exact) mass is 256 g/mol. The standard InChI is InChI=1S/C13H21Br/c1-9(2)12-4-10-3-11(5-12)7-13(14,6-10)8-12/h9-11H,3-8H2,1-2H3/t10-,11-,12?,13?/m0/s1. The maximum Gasteiger partial charge on any atom is 0.0268 e. The van der Waals surface area contributed by atoms with Gasteiger partial charge in [-0.2, -0.15) is 0 Å². The third kappa shape index (κ3) is 1.24. The highest BCUT2D eigenvalue weighted by atomic mass is 79.9. The van der Waals surface area contributed by atoms with E-state index in [1.807, 2.05) is 0 Å². The molecule has 4 aliphatic carbocycles. The van der Waals surface area contributed by atoms with E-state index < -0.39 is 0 Å². The molecule has 2 atom stereocenters. The van der Waals surface area contributed by atoms with Crippen molar-refractivity contribution in [3.05, 3.63) is 0 Å². The lowest BCUT2D eigenvalue weighted by molar-refractivity contribution is -0.0631. The van der Waals surface area contributed by atoms with E-state index in [2.05, 4.69) is 29.8 Å². The molecule has 0 nitrogen and oxygen atoms in total. The first-order valence-corrected chi connectivity index (χ1v) is 7.00. The van der Waals surface area contributed by atoms with Gasteiger partial charge in [0.2, 0.25) is 0 Å². The van der Waals surface area contributed by atoms with Gasteiger partial charge in [0.05, 0.1) is 0 Å². The zero-order valence-corrected chi connectivity index (χ0v) is 10.9. The molecule has 0 amide bonds. The molecule has 1 heteroatoms. The van der Waals surface area contributed by atoms with Crippen molar-refractivity contribution in [2.24, 2.45) is 23.2 Å². The van der Waals surface area contributed by atoms with Crippen LogP contribution in [0.2, 0.25) is 0 Å². The van der Waals surface area contributed by atoms with Crippen LogP contribution in [0.25, 0.3) is 0 Å². The van der Waals surface area contributed by atoms with Crippen LogP contribution in [0.5, 0.6) is 0 Å². The minimum Gasteiger partial charge on any atom is -0.0853 e. The van der Waals surface area contributed by atoms with Gasteiger partial charge >= 0.3 is 0 Å². The molecule has 0 aliphatic heterocycles. The minimum absolute atomic E-state index is 0.557. The molecule has 80 valence electrons. The summed E-state index contributed by atoms with van der Waals surface area (Å²) in [6.45, 7) is 4.90. The predicted molar refractivity (Wildman–Crippen MR) is 63.6 cm³/mol. The van der Waals surface area contributed by atoms with Crippen molar-refractivity contribution in [1.29, 1.82) is 0 Å². The fourth-order valence-electron chi connectivity index (χ4n) is 4.90. The lowest BCUT2D eigenvalue weighted by Gasteiger charge is -2.62. The van der Waals surface area contributed by atoms with Crippen LogP contribution >= 0.6 is 15.9 Å². The lowest BCUT2D eigenvalue weighted by atomic mass is 9.47. The van der Waals surface area contributed by atoms with Gasteiger partial charge in [-0.05, 0) is 61.7 Å². The molecule has 0 N–H and O–H groups in total. The first kappa shape index (κ1) is 9.69. The largest absolute Gasteiger partial charge is 0.0853 e. The van der Waals surface area contributed by atoms with Crippen molar-refractivity contribution in [1.82, 2.24) is 0 Å². The van der Waals surface area contributed by atoms with Crippen LogP contribution in [0.1, 0.15) is 52.4 Å². The molecule has 0 aromatic rings. The number of alkyl halides is 1. The van der Waals surface area contributed by atoms with Gasteiger partial charge in [0.15, 0.2) is 0 Å². The number of rotatable bonds is 1. The number of hydrogen-bond donors (Lipinski definition) is 0. The van der Waals surface area contributed by atoms with Crippen molar-refractivity contribution < 1.29 is 0 Å². The zero-order chi connectivity index (χ0) is 9.97. The van der Waals surface area contributed by atoms with Gasteiger partial charge in [-0.15, -0.1) is 0 Å². The molecule has 0 radical (unpaired) electrons. The maximum absolute atomic E-state index is 4.06. The molecule has 0 unspecified atom stereocenters. The SMILES string of the molecule is CC(C)C12C[C@@H]3C[C@H](CC(Br)(C3)C1)C2. The quantitative estimate of drug-likeness (QED) is 0.612. The van der Waals surface area contributed by atoms with Gasteiger partial charge in [-0.1, -0.05) is 29.8 Å². The maximum atomic E-state index is 4.06. The minimum atomic E-state index is 0.557. The van der Waals surface area contributed by atoms with E-state index in [9.17, 15) is 0 Å². The molecule has 0 aromatic heterocycles. The Morgan fingerprint density at radius 1 is 1.07 bits per heavy atom. The van der Waals surface area contributed by atoms with E-state index in [0.29, 0.717) is 9.74 Å². The molecule has 4 fully saturated rings. The van der Waals surface area contributed by atoms with Crippen LogP contribution in [-0.4, -0.2) is 4.32 Å². The van der Waals surface area contributed by atoms with E-state index >= 15 is 0 Å². The Kier molecular flexibility index (Phi) is 1.92. The molecule has 4 saturated carbocycles. The summed E-state index contributed by atoms with van der Waals surface area (Å²) in [4.78, 5) is 0. The highest BCUT2D eigenvalue weighted by molar-refractivity contribution is 9.10. The van der Waals surface area contributed by atoms with Crippen LogP contribution in [0.3, 0.4) is 0 Å². The van der Waals surface area contributed by atoms with Crippen molar-refractivity contribution in [3.8, 4) is 0 Å². The Bertz CT molecular complexity index is 242. The summed E-state index contributed by atoms with van der Waals surface area (Å²) in [6, 6.07) is 0. The highest BCUT2D eigenvalue weighted by Crippen LogP contribution is 2.66. The van der Waals surface area contributed by atoms with E-state index in [4.69, 9.17) is 0 Å². The number of hydrogen-bond acceptors (Lipinski definition) is 0. The normalized spacial score (nSPS) is 55.7. The summed E-state index contributed by atoms with van der Waals surface area (Å²) >= 11 is 4.06. The lowest BCUT2D eigenvalue weighted by Crippen LogP contribution is -2.54. The Balaban J connectivity index is 1.96. The molecule has 4 bridgehead atoms. The molecular formula is C13H21Br. The van der Waals surface area contributed by atoms with Crippen molar-refractivity contribution in [2.75, 3.05) is 0 Å². The topological polar surface area (TPSA) is 0 Å². The summed E-state index contributed by atoms with van der Waals surface area (Å²) in [6.07, 6.45) is 9.02. The van der Waals surface area contributed by atoms with Crippen LogP contribution in [-0.2, 0) is 0 Å². The fraction of sp³-hybridized carbons (Fsp3) is 1.00. The summed E-state index contributed by atoms with van der Waals surface area (Å²) < 4.78 is 0.557. The highest BCUT2D eigenvalue weighted by Gasteiger charge is 2.57. The second-order valence-electron chi connectivity index (χ2n) is 6.63. The summed E-state index contributed by atoms with van der Waals surface area (Å²) in [7, 11) is 0. The van der Waals surface area contributed by atoms with Gasteiger partial charge < -0.3 is 0 Å². The summed E-state index contributed by atoms with van der Waals surface area (Å²) in [5, 5.41) is 0. The molecular weight excluding hydrogens is 236 g/mol. The third-order valence-electron chi connectivity index (χ3n) is 5.26. The van der Waals surface area contributed by atoms with Gasteiger partial charge in [-0.3, -0.25) is 0 Å². The van der Waals surface area contributed by atoms with Crippen molar-refractivity contribution in [2.45, 2.75) is 56.7 Å². The van der Waals surface area contributed by atoms with Crippen molar-refractivity contribution in [3.63, 3.8) is 0 Å². The Morgan fingerprint density at radius 2 is 1.64 bits per heavy atom. The molecule has 14 heavy (non-hydrogen) atoms. The molecule has 0 spiro atoms. The Labute approximate surface area is 96.0 Å². The second kappa shape index (κ2) is 2.78. The van der Waals surface area contributed by atoms with E-state index in [0.717, 1.165) is 17.8 Å². The Morgan fingerprint density at radius 3 is 2.07 bits per heavy atom. The van der Waals surface area contributed by atoms with Gasteiger partial charge in [-0.25, -0.2) is 0 Å². The third-order valence-corrected chi connectivity index (χ3v) is 6.19. The molecule has 4 rings (SSSR count). The van der Waals surface area contributed by atoms with Gasteiger partial charge in [0.1, 0.15) is 0 Å². The van der Waals surface area contributed by atoms with E-state index in [-0.39, 0.29) is 0 Å². The number of halogens is 1. The zero-order valence-electron chi connectivity index (χ0n) is 9.35. The average molecular weight is 257 g/mol. The summed E-state index contributed by atoms with van der Waals surface area (Å²) in [5.74, 6) is 3.00. The van der Waals surface area contributed by atoms with Crippen LogP contribution in [0, 0.1) is 23.2 Å². The Hall–Kier alpha value is 0.480. The molecule has 0 saturated heterocycles. The second-order valence-corrected chi connectivity index (χ2v) is 8.31. The summed E-state index contributed by atoms with van der Waals surface area (Å²) in [5.41, 5.74) is 0.716. The van der Waals surface area contributed by atoms with E-state index in [1.54, 1.807) is 6.42 Å². The van der Waals surface area contributed by atoms with Gasteiger partial charge in [0, 0.05) is 4.32 Å². The first-order valence-electron chi connectivity index (χ1n) is 6.20. The van der Waals surface area contributed by atoms with E-state index in [1.165, 1.54) is 32.1 Å². The smallest absolute Gasteiger partial charge is 0.0268 e. The molecule has 4 aliphatic rings. The van der Waals surface area contributed by atoms with Gasteiger partial charge in [0.25, 0.3) is 0 Å². The van der Waals surface area contributed by atoms with Crippen LogP contribution in [0.4, 0.5) is 0 Å². The molecule has 0 heterocycles. The predicted octanol–water partition coefficient (Wildman–Crippen LogP) is 4.38. The fourth-order valence-corrected chi connectivity index (χ4v) is 6.37. The van der Waals surface area contributed by atoms with Crippen LogP contribution < -0.4 is 0 Å². The molecule has 0 aromatic carbocycles. The van der Waals surface area contributed by atoms with Crippen LogP contribution in [0.15, 0.2) is 0 Å². The first-order chi connectivity index (χ1) is 6.51. The van der Waals surface area contributed by atoms with Crippen molar-refractivity contribution >= 4 is 15.9 Å².